The number of hydrogen-bond acceptors (Lipinski definition) is 5. The van der Waals surface area contributed by atoms with Gasteiger partial charge in [0.15, 0.2) is 16.3 Å². The van der Waals surface area contributed by atoms with E-state index in [9.17, 15) is 14.4 Å². The Balaban J connectivity index is 2.18. The number of carbonyl (C=O) groups is 1. The first-order chi connectivity index (χ1) is 10.7. The molecule has 2 rings (SSSR count). The van der Waals surface area contributed by atoms with Crippen LogP contribution in [0.4, 0.5) is 0 Å². The Morgan fingerprint density at radius 1 is 1.26 bits per heavy atom. The van der Waals surface area contributed by atoms with Crippen LogP contribution in [0.2, 0.25) is 0 Å². The molecule has 0 aliphatic heterocycles. The maximum absolute atomic E-state index is 12.1. The largest absolute Gasteiger partial charge is 0.353 e. The molecule has 8 nitrogen and oxygen atoms in total. The molecule has 2 aromatic heterocycles. The zero-order valence-corrected chi connectivity index (χ0v) is 14.7. The van der Waals surface area contributed by atoms with Crippen molar-refractivity contribution in [1.82, 2.24) is 24.4 Å². The minimum Gasteiger partial charge on any atom is -0.353 e. The van der Waals surface area contributed by atoms with Crippen LogP contribution >= 0.6 is 11.8 Å². The first kappa shape index (κ1) is 17.3. The highest BCUT2D eigenvalue weighted by atomic mass is 32.2. The third kappa shape index (κ3) is 3.49. The highest BCUT2D eigenvalue weighted by Gasteiger charge is 2.15. The zero-order valence-electron chi connectivity index (χ0n) is 13.8. The fraction of sp³-hybridized carbons (Fsp3) is 0.571. The molecule has 0 aromatic carbocycles. The molecule has 2 heterocycles. The summed E-state index contributed by atoms with van der Waals surface area (Å²) in [5.41, 5.74) is -0.320. The van der Waals surface area contributed by atoms with E-state index in [1.54, 1.807) is 7.05 Å². The van der Waals surface area contributed by atoms with Gasteiger partial charge >= 0.3 is 5.69 Å². The number of nitrogens with one attached hydrogen (secondary N) is 2. The molecular weight excluding hydrogens is 318 g/mol. The molecular formula is C14H21N5O3S. The summed E-state index contributed by atoms with van der Waals surface area (Å²) in [6, 6.07) is 0.0897. The van der Waals surface area contributed by atoms with Gasteiger partial charge in [0.2, 0.25) is 5.91 Å². The van der Waals surface area contributed by atoms with E-state index in [1.165, 1.54) is 23.4 Å². The lowest BCUT2D eigenvalue weighted by Gasteiger charge is -2.16. The van der Waals surface area contributed by atoms with Gasteiger partial charge in [-0.15, -0.1) is 0 Å². The second kappa shape index (κ2) is 6.61. The normalized spacial score (nSPS) is 12.8. The number of fused-ring (bicyclic) bond motifs is 1. The summed E-state index contributed by atoms with van der Waals surface area (Å²) in [6.07, 6.45) is 0. The molecule has 1 atom stereocenters. The summed E-state index contributed by atoms with van der Waals surface area (Å²) >= 11 is 1.19. The summed E-state index contributed by atoms with van der Waals surface area (Å²) < 4.78 is 2.32. The molecule has 9 heteroatoms. The number of rotatable bonds is 5. The van der Waals surface area contributed by atoms with Crippen LogP contribution in [0, 0.1) is 5.92 Å². The molecule has 0 aliphatic carbocycles. The van der Waals surface area contributed by atoms with Crippen LogP contribution in [0.15, 0.2) is 14.7 Å². The number of carbonyl (C=O) groups excluding carboxylic acids is 1. The molecule has 0 radical (unpaired) electrons. The van der Waals surface area contributed by atoms with Crippen molar-refractivity contribution in [1.29, 1.82) is 0 Å². The average molecular weight is 339 g/mol. The lowest BCUT2D eigenvalue weighted by atomic mass is 10.1. The van der Waals surface area contributed by atoms with Gasteiger partial charge in [0.25, 0.3) is 5.56 Å². The van der Waals surface area contributed by atoms with Crippen LogP contribution in [-0.2, 0) is 18.9 Å². The van der Waals surface area contributed by atoms with Gasteiger partial charge in [0.05, 0.1) is 5.75 Å². The molecule has 23 heavy (non-hydrogen) atoms. The molecule has 0 fully saturated rings. The number of thioether (sulfide) groups is 1. The van der Waals surface area contributed by atoms with Crippen LogP contribution in [0.5, 0.6) is 0 Å². The molecule has 126 valence electrons. The van der Waals surface area contributed by atoms with E-state index in [0.717, 1.165) is 4.57 Å². The number of imidazole rings is 1. The van der Waals surface area contributed by atoms with Crippen LogP contribution in [-0.4, -0.2) is 36.8 Å². The number of hydrogen-bond donors (Lipinski definition) is 2. The number of aromatic nitrogens is 4. The lowest BCUT2D eigenvalue weighted by molar-refractivity contribution is -0.119. The van der Waals surface area contributed by atoms with Crippen molar-refractivity contribution in [3.63, 3.8) is 0 Å². The molecule has 0 spiro atoms. The highest BCUT2D eigenvalue weighted by molar-refractivity contribution is 7.99. The lowest BCUT2D eigenvalue weighted by Crippen LogP contribution is -2.37. The smallest absolute Gasteiger partial charge is 0.332 e. The minimum atomic E-state index is -0.436. The van der Waals surface area contributed by atoms with E-state index in [-0.39, 0.29) is 28.9 Å². The Morgan fingerprint density at radius 2 is 1.91 bits per heavy atom. The van der Waals surface area contributed by atoms with Gasteiger partial charge in [-0.2, -0.15) is 0 Å². The maximum Gasteiger partial charge on any atom is 0.332 e. The molecule has 2 aromatic rings. The Morgan fingerprint density at radius 3 is 2.52 bits per heavy atom. The second-order valence-corrected chi connectivity index (χ2v) is 6.80. The van der Waals surface area contributed by atoms with Crippen molar-refractivity contribution in [2.45, 2.75) is 32.0 Å². The third-order valence-corrected chi connectivity index (χ3v) is 4.68. The zero-order chi connectivity index (χ0) is 17.3. The van der Waals surface area contributed by atoms with Crippen molar-refractivity contribution in [2.75, 3.05) is 5.75 Å². The van der Waals surface area contributed by atoms with Gasteiger partial charge < -0.3 is 10.3 Å². The fourth-order valence-electron chi connectivity index (χ4n) is 1.97. The Kier molecular flexibility index (Phi) is 4.98. The SMILES string of the molecule is CC(C)C(C)NC(=O)CSc1nc2c([nH]1)c(=O)n(C)c(=O)n2C. The predicted octanol–water partition coefficient (Wildman–Crippen LogP) is 0.213. The first-order valence-corrected chi connectivity index (χ1v) is 8.28. The second-order valence-electron chi connectivity index (χ2n) is 5.84. The van der Waals surface area contributed by atoms with Gasteiger partial charge in [0.1, 0.15) is 0 Å². The van der Waals surface area contributed by atoms with E-state index in [1.807, 2.05) is 20.8 Å². The van der Waals surface area contributed by atoms with E-state index in [2.05, 4.69) is 15.3 Å². The molecule has 1 unspecified atom stereocenters. The molecule has 1 amide bonds. The third-order valence-electron chi connectivity index (χ3n) is 3.80. The average Bonchev–Trinajstić information content (AvgIpc) is 2.93. The first-order valence-electron chi connectivity index (χ1n) is 7.30. The number of nitrogens with zero attached hydrogens (tertiary/aromatic N) is 3. The quantitative estimate of drug-likeness (QED) is 0.759. The maximum atomic E-state index is 12.1. The van der Waals surface area contributed by atoms with Crippen LogP contribution in [0.25, 0.3) is 11.2 Å². The van der Waals surface area contributed by atoms with Gasteiger partial charge in [0, 0.05) is 20.1 Å². The van der Waals surface area contributed by atoms with E-state index in [0.29, 0.717) is 11.1 Å². The van der Waals surface area contributed by atoms with E-state index < -0.39 is 11.2 Å². The predicted molar refractivity (Wildman–Crippen MR) is 89.7 cm³/mol. The van der Waals surface area contributed by atoms with Gasteiger partial charge in [-0.25, -0.2) is 9.78 Å². The monoisotopic (exact) mass is 339 g/mol. The van der Waals surface area contributed by atoms with Crippen LogP contribution < -0.4 is 16.6 Å². The van der Waals surface area contributed by atoms with Gasteiger partial charge in [-0.3, -0.25) is 18.7 Å². The van der Waals surface area contributed by atoms with Crippen molar-refractivity contribution in [3.05, 3.63) is 20.8 Å². The molecule has 2 N–H and O–H groups in total. The molecule has 0 saturated carbocycles. The molecule has 0 bridgehead atoms. The van der Waals surface area contributed by atoms with E-state index in [4.69, 9.17) is 0 Å². The summed E-state index contributed by atoms with van der Waals surface area (Å²) in [5, 5.41) is 3.34. The summed E-state index contributed by atoms with van der Waals surface area (Å²) in [6.45, 7) is 6.02. The van der Waals surface area contributed by atoms with Crippen molar-refractivity contribution < 1.29 is 4.79 Å². The highest BCUT2D eigenvalue weighted by Crippen LogP contribution is 2.16. The number of aromatic amines is 1. The molecule has 0 aliphatic rings. The topological polar surface area (TPSA) is 102 Å². The Hall–Kier alpha value is -2.03. The van der Waals surface area contributed by atoms with E-state index >= 15 is 0 Å². The number of aryl methyl sites for hydroxylation is 1. The van der Waals surface area contributed by atoms with Crippen LogP contribution in [0.3, 0.4) is 0 Å². The van der Waals surface area contributed by atoms with Crippen molar-refractivity contribution >= 4 is 28.8 Å². The summed E-state index contributed by atoms with van der Waals surface area (Å²) in [4.78, 5) is 42.9. The Labute approximate surface area is 137 Å². The minimum absolute atomic E-state index is 0.0897. The number of H-pyrrole nitrogens is 1. The van der Waals surface area contributed by atoms with Crippen LogP contribution in [0.1, 0.15) is 20.8 Å². The summed E-state index contributed by atoms with van der Waals surface area (Å²) in [7, 11) is 2.97. The molecule has 0 saturated heterocycles. The summed E-state index contributed by atoms with van der Waals surface area (Å²) in [5.74, 6) is 0.441. The van der Waals surface area contributed by atoms with Crippen molar-refractivity contribution in [2.24, 2.45) is 20.0 Å². The number of amides is 1. The fourth-order valence-corrected chi connectivity index (χ4v) is 2.65. The van der Waals surface area contributed by atoms with Gasteiger partial charge in [-0.1, -0.05) is 25.6 Å². The van der Waals surface area contributed by atoms with Crippen molar-refractivity contribution in [3.8, 4) is 0 Å². The Bertz CT molecular complexity index is 848. The standard InChI is InChI=1S/C14H21N5O3S/c1-7(2)8(3)15-9(20)6-23-13-16-10-11(17-13)18(4)14(22)19(5)12(10)21/h7-8H,6H2,1-5H3,(H,15,20)(H,16,17). The van der Waals surface area contributed by atoms with Gasteiger partial charge in [-0.05, 0) is 12.8 Å².